The first-order valence-corrected chi connectivity index (χ1v) is 25.3. The van der Waals surface area contributed by atoms with Crippen LogP contribution in [0.4, 0.5) is 0 Å². The molecule has 256 valence electrons. The normalized spacial score (nSPS) is 22.2. The molecule has 4 atom stereocenters. The lowest BCUT2D eigenvalue weighted by molar-refractivity contribution is -0.0470. The second-order valence-electron chi connectivity index (χ2n) is 17.4. The molecule has 46 heavy (non-hydrogen) atoms. The summed E-state index contributed by atoms with van der Waals surface area (Å²) in [4.78, 5) is 23.0. The number of fused-ring (bicyclic) bond motifs is 1. The Morgan fingerprint density at radius 2 is 1.26 bits per heavy atom. The van der Waals surface area contributed by atoms with Gasteiger partial charge < -0.3 is 18.0 Å². The van der Waals surface area contributed by atoms with Gasteiger partial charge in [-0.3, -0.25) is 13.9 Å². The van der Waals surface area contributed by atoms with Crippen LogP contribution in [0.2, 0.25) is 54.4 Å². The largest absolute Gasteiger partial charge is 0.414 e. The molecule has 1 saturated heterocycles. The van der Waals surface area contributed by atoms with Crippen LogP contribution in [0, 0.1) is 0 Å². The Morgan fingerprint density at radius 3 is 1.78 bits per heavy atom. The van der Waals surface area contributed by atoms with Crippen molar-refractivity contribution in [2.45, 2.75) is 141 Å². The van der Waals surface area contributed by atoms with Crippen LogP contribution in [0.3, 0.4) is 0 Å². The molecule has 0 N–H and O–H groups in total. The molecule has 4 rings (SSSR count). The third kappa shape index (κ3) is 7.23. The fourth-order valence-electron chi connectivity index (χ4n) is 4.75. The Bertz CT molecular complexity index is 1570. The number of rotatable bonds is 9. The zero-order valence-corrected chi connectivity index (χ0v) is 33.9. The highest BCUT2D eigenvalue weighted by atomic mass is 28.4. The highest BCUT2D eigenvalue weighted by Crippen LogP contribution is 2.46. The van der Waals surface area contributed by atoms with E-state index in [-0.39, 0.29) is 38.4 Å². The third-order valence-electron chi connectivity index (χ3n) is 11.0. The van der Waals surface area contributed by atoms with Crippen molar-refractivity contribution in [3.8, 4) is 5.69 Å². The van der Waals surface area contributed by atoms with E-state index < -0.39 is 37.3 Å². The molecule has 0 bridgehead atoms. The third-order valence-corrected chi connectivity index (χ3v) is 24.4. The maximum atomic E-state index is 13.7. The summed E-state index contributed by atoms with van der Waals surface area (Å²) in [7, 11) is -6.73. The summed E-state index contributed by atoms with van der Waals surface area (Å²) < 4.78 is 31.7. The zero-order valence-electron chi connectivity index (χ0n) is 30.9. The summed E-state index contributed by atoms with van der Waals surface area (Å²) in [5.74, 6) is 0. The smallest absolute Gasteiger partial charge is 0.286 e. The molecule has 3 heterocycles. The van der Waals surface area contributed by atoms with Gasteiger partial charge >= 0.3 is 0 Å². The van der Waals surface area contributed by atoms with Crippen LogP contribution in [0.5, 0.6) is 0 Å². The van der Waals surface area contributed by atoms with E-state index in [0.717, 1.165) is 5.69 Å². The van der Waals surface area contributed by atoms with Crippen LogP contribution >= 0.6 is 0 Å². The van der Waals surface area contributed by atoms with Crippen molar-refractivity contribution in [3.05, 3.63) is 53.3 Å². The van der Waals surface area contributed by atoms with Gasteiger partial charge in [-0.25, -0.2) is 9.97 Å². The molecule has 1 aliphatic rings. The van der Waals surface area contributed by atoms with E-state index in [4.69, 9.17) is 23.0 Å². The Balaban J connectivity index is 1.85. The summed E-state index contributed by atoms with van der Waals surface area (Å²) in [5.41, 5.74) is 1.24. The van der Waals surface area contributed by atoms with Gasteiger partial charge in [-0.1, -0.05) is 80.5 Å². The van der Waals surface area contributed by atoms with Crippen molar-refractivity contribution in [2.75, 3.05) is 6.61 Å². The van der Waals surface area contributed by atoms with Crippen molar-refractivity contribution in [1.82, 2.24) is 19.1 Å². The van der Waals surface area contributed by atoms with E-state index in [0.29, 0.717) is 12.3 Å². The van der Waals surface area contributed by atoms with Crippen molar-refractivity contribution in [3.63, 3.8) is 0 Å². The summed E-state index contributed by atoms with van der Waals surface area (Å²) in [6, 6.07) is 9.47. The number of nitrogens with zero attached hydrogens (tertiary/aromatic N) is 4. The average molecular weight is 687 g/mol. The van der Waals surface area contributed by atoms with E-state index in [1.165, 1.54) is 4.57 Å². The van der Waals surface area contributed by atoms with Gasteiger partial charge in [0.15, 0.2) is 42.3 Å². The first kappa shape index (κ1) is 36.9. The molecule has 0 unspecified atom stereocenters. The monoisotopic (exact) mass is 686 g/mol. The van der Waals surface area contributed by atoms with Gasteiger partial charge in [0.25, 0.3) is 5.56 Å². The van der Waals surface area contributed by atoms with Gasteiger partial charge in [0, 0.05) is 0 Å². The fourth-order valence-corrected chi connectivity index (χ4v) is 8.36. The summed E-state index contributed by atoms with van der Waals surface area (Å²) in [5, 5.41) is -0.0301. The standard InChI is InChI=1S/C34H58N4O5Si3/c1-32(2,3)44(10,11)40-21-25-27(42-45(12,13)33(4,5)6)28(43-46(14,15)34(7,8)9)31(41-25)38-22-35-26-29(38)36-23-37(30(26)39)24-19-17-16-18-20-24/h16-20,22-23,25,27-28,31H,21H2,1-15H3/t25-,27-,28-,31-/m1/s1. The molecule has 0 spiro atoms. The molecular weight excluding hydrogens is 629 g/mol. The first-order valence-electron chi connectivity index (χ1n) is 16.5. The van der Waals surface area contributed by atoms with E-state index >= 15 is 0 Å². The van der Waals surface area contributed by atoms with Gasteiger partial charge in [-0.2, -0.15) is 0 Å². The van der Waals surface area contributed by atoms with Crippen molar-refractivity contribution >= 4 is 36.1 Å². The lowest BCUT2D eigenvalue weighted by Crippen LogP contribution is -2.54. The molecule has 1 aromatic carbocycles. The van der Waals surface area contributed by atoms with Gasteiger partial charge in [-0.15, -0.1) is 0 Å². The zero-order chi connectivity index (χ0) is 34.7. The lowest BCUT2D eigenvalue weighted by atomic mass is 10.1. The van der Waals surface area contributed by atoms with Gasteiger partial charge in [0.2, 0.25) is 0 Å². The van der Waals surface area contributed by atoms with Crippen LogP contribution in [0.1, 0.15) is 68.5 Å². The predicted molar refractivity (Wildman–Crippen MR) is 194 cm³/mol. The van der Waals surface area contributed by atoms with E-state index in [9.17, 15) is 4.79 Å². The van der Waals surface area contributed by atoms with Crippen molar-refractivity contribution in [2.24, 2.45) is 0 Å². The van der Waals surface area contributed by atoms with Gasteiger partial charge in [-0.05, 0) is 66.5 Å². The molecule has 0 aliphatic carbocycles. The predicted octanol–water partition coefficient (Wildman–Crippen LogP) is 8.28. The lowest BCUT2D eigenvalue weighted by Gasteiger charge is -2.44. The van der Waals surface area contributed by atoms with Gasteiger partial charge in [0.1, 0.15) is 24.6 Å². The van der Waals surface area contributed by atoms with Crippen LogP contribution in [0.15, 0.2) is 47.8 Å². The quantitative estimate of drug-likeness (QED) is 0.209. The molecule has 0 saturated carbocycles. The number of hydrogen-bond donors (Lipinski definition) is 0. The number of hydrogen-bond acceptors (Lipinski definition) is 7. The Labute approximate surface area is 279 Å². The fraction of sp³-hybridized carbons (Fsp3) is 0.676. The highest BCUT2D eigenvalue weighted by molar-refractivity contribution is 6.75. The summed E-state index contributed by atoms with van der Waals surface area (Å²) in [6.07, 6.45) is 1.40. The molecule has 1 fully saturated rings. The minimum absolute atomic E-state index is 0.0246. The van der Waals surface area contributed by atoms with Crippen LogP contribution in [0.25, 0.3) is 16.9 Å². The number of ether oxygens (including phenoxy) is 1. The molecule has 9 nitrogen and oxygen atoms in total. The number of benzene rings is 1. The Morgan fingerprint density at radius 1 is 0.739 bits per heavy atom. The maximum Gasteiger partial charge on any atom is 0.286 e. The van der Waals surface area contributed by atoms with Crippen LogP contribution in [-0.2, 0) is 18.0 Å². The van der Waals surface area contributed by atoms with Crippen molar-refractivity contribution in [1.29, 1.82) is 0 Å². The van der Waals surface area contributed by atoms with Gasteiger partial charge in [0.05, 0.1) is 18.6 Å². The second kappa shape index (κ2) is 12.5. The molecule has 0 amide bonds. The van der Waals surface area contributed by atoms with Crippen LogP contribution < -0.4 is 5.56 Å². The molecule has 2 aromatic heterocycles. The minimum atomic E-state index is -2.33. The number of aromatic nitrogens is 4. The number of para-hydroxylation sites is 1. The molecule has 3 aromatic rings. The van der Waals surface area contributed by atoms with Crippen molar-refractivity contribution < 1.29 is 18.0 Å². The Kier molecular flexibility index (Phi) is 10.0. The van der Waals surface area contributed by atoms with E-state index in [2.05, 4.69) is 107 Å². The SMILES string of the molecule is CC(C)(C)[Si](C)(C)OC[C@H]1O[C@@H](n2cnc3c(=O)n(-c4ccccc4)cnc32)[C@H](O[Si](C)(C)C(C)(C)C)[C@@H]1O[Si](C)(C)C(C)(C)C. The average Bonchev–Trinajstić information content (AvgIpc) is 3.48. The molecule has 0 radical (unpaired) electrons. The summed E-state index contributed by atoms with van der Waals surface area (Å²) in [6.45, 7) is 34.2. The highest BCUT2D eigenvalue weighted by Gasteiger charge is 2.55. The summed E-state index contributed by atoms with van der Waals surface area (Å²) >= 11 is 0. The first-order chi connectivity index (χ1) is 20.9. The Hall–Kier alpha value is -1.94. The second-order valence-corrected chi connectivity index (χ2v) is 31.7. The number of imidazole rings is 1. The topological polar surface area (TPSA) is 89.6 Å². The van der Waals surface area contributed by atoms with Crippen LogP contribution in [-0.4, -0.2) is 69.0 Å². The molecule has 12 heteroatoms. The van der Waals surface area contributed by atoms with E-state index in [1.54, 1.807) is 12.7 Å². The molecular formula is C34H58N4O5Si3. The maximum absolute atomic E-state index is 13.7. The molecule has 1 aliphatic heterocycles. The van der Waals surface area contributed by atoms with E-state index in [1.807, 2.05) is 34.9 Å². The minimum Gasteiger partial charge on any atom is -0.414 e.